The highest BCUT2D eigenvalue weighted by Gasteiger charge is 2.26. The van der Waals surface area contributed by atoms with Gasteiger partial charge in [0.25, 0.3) is 0 Å². The molecule has 0 saturated carbocycles. The van der Waals surface area contributed by atoms with E-state index in [1.165, 1.54) is 18.3 Å². The van der Waals surface area contributed by atoms with E-state index in [-0.39, 0.29) is 12.5 Å². The third-order valence-electron chi connectivity index (χ3n) is 2.39. The number of carboxylic acids is 1. The summed E-state index contributed by atoms with van der Waals surface area (Å²) in [6, 6.07) is -0.943. The summed E-state index contributed by atoms with van der Waals surface area (Å²) in [6.07, 6.45) is 1.70. The highest BCUT2D eigenvalue weighted by Crippen LogP contribution is 2.21. The molecule has 7 heteroatoms. The molecule has 1 unspecified atom stereocenters. The summed E-state index contributed by atoms with van der Waals surface area (Å²) in [5.74, 6) is -1.43. The first-order valence-electron chi connectivity index (χ1n) is 5.48. The number of carbonyl (C=O) groups is 2. The lowest BCUT2D eigenvalue weighted by atomic mass is 10.1. The number of amides is 1. The lowest BCUT2D eigenvalue weighted by molar-refractivity contribution is -0.141. The van der Waals surface area contributed by atoms with Crippen LogP contribution in [0.5, 0.6) is 0 Å². The molecule has 1 atom stereocenters. The van der Waals surface area contributed by atoms with Crippen molar-refractivity contribution in [2.75, 3.05) is 6.54 Å². The standard InChI is InChI=1S/C11H17N3O3S/c1-7(15)14-8(9(16)17)6-13-11(2,3)10-12-4-5-18-10/h4-5,8,13H,6H2,1-3H3,(H,14,15)(H,16,17). The van der Waals surface area contributed by atoms with Crippen LogP contribution in [0.15, 0.2) is 11.6 Å². The van der Waals surface area contributed by atoms with Crippen LogP contribution in [0.25, 0.3) is 0 Å². The predicted octanol–water partition coefficient (Wildman–Crippen LogP) is 0.557. The maximum absolute atomic E-state index is 11.0. The molecule has 0 bridgehead atoms. The predicted molar refractivity (Wildman–Crippen MR) is 68.4 cm³/mol. The third kappa shape index (κ3) is 4.08. The second-order valence-corrected chi connectivity index (χ2v) is 5.33. The fourth-order valence-corrected chi connectivity index (χ4v) is 2.15. The van der Waals surface area contributed by atoms with Gasteiger partial charge in [-0.1, -0.05) is 0 Å². The number of nitrogens with one attached hydrogen (secondary N) is 2. The van der Waals surface area contributed by atoms with Crippen molar-refractivity contribution < 1.29 is 14.7 Å². The first-order valence-corrected chi connectivity index (χ1v) is 6.36. The van der Waals surface area contributed by atoms with Gasteiger partial charge in [0.15, 0.2) is 0 Å². The first-order chi connectivity index (χ1) is 8.33. The largest absolute Gasteiger partial charge is 0.480 e. The molecule has 1 aromatic heterocycles. The average molecular weight is 271 g/mol. The van der Waals surface area contributed by atoms with Gasteiger partial charge in [-0.2, -0.15) is 0 Å². The van der Waals surface area contributed by atoms with Gasteiger partial charge in [0.1, 0.15) is 11.0 Å². The summed E-state index contributed by atoms with van der Waals surface area (Å²) < 4.78 is 0. The maximum Gasteiger partial charge on any atom is 0.327 e. The lowest BCUT2D eigenvalue weighted by Crippen LogP contribution is -2.50. The van der Waals surface area contributed by atoms with Crippen molar-refractivity contribution in [2.45, 2.75) is 32.4 Å². The Kier molecular flexibility index (Phi) is 4.80. The van der Waals surface area contributed by atoms with Crippen LogP contribution in [0.3, 0.4) is 0 Å². The van der Waals surface area contributed by atoms with Gasteiger partial charge < -0.3 is 15.7 Å². The first kappa shape index (κ1) is 14.6. The summed E-state index contributed by atoms with van der Waals surface area (Å²) in [4.78, 5) is 26.1. The fraction of sp³-hybridized carbons (Fsp3) is 0.545. The van der Waals surface area contributed by atoms with E-state index in [9.17, 15) is 9.59 Å². The van der Waals surface area contributed by atoms with Gasteiger partial charge in [0.2, 0.25) is 5.91 Å². The zero-order valence-electron chi connectivity index (χ0n) is 10.6. The number of aliphatic carboxylic acids is 1. The highest BCUT2D eigenvalue weighted by molar-refractivity contribution is 7.09. The van der Waals surface area contributed by atoms with Crippen LogP contribution in [0.2, 0.25) is 0 Å². The molecule has 0 saturated heterocycles. The fourth-order valence-electron chi connectivity index (χ4n) is 1.41. The molecule has 0 aliphatic rings. The van der Waals surface area contributed by atoms with Crippen molar-refractivity contribution in [1.29, 1.82) is 0 Å². The Labute approximate surface area is 109 Å². The zero-order valence-corrected chi connectivity index (χ0v) is 11.4. The van der Waals surface area contributed by atoms with Crippen LogP contribution in [-0.4, -0.2) is 34.6 Å². The minimum Gasteiger partial charge on any atom is -0.480 e. The normalized spacial score (nSPS) is 13.1. The van der Waals surface area contributed by atoms with Crippen molar-refractivity contribution in [2.24, 2.45) is 0 Å². The van der Waals surface area contributed by atoms with E-state index >= 15 is 0 Å². The third-order valence-corrected chi connectivity index (χ3v) is 3.49. The van der Waals surface area contributed by atoms with E-state index < -0.39 is 17.6 Å². The average Bonchev–Trinajstić information content (AvgIpc) is 2.77. The Balaban J connectivity index is 2.61. The molecule has 6 nitrogen and oxygen atoms in total. The van der Waals surface area contributed by atoms with Crippen LogP contribution in [0.4, 0.5) is 0 Å². The van der Waals surface area contributed by atoms with Gasteiger partial charge in [0.05, 0.1) is 5.54 Å². The zero-order chi connectivity index (χ0) is 13.8. The molecule has 1 amide bonds. The van der Waals surface area contributed by atoms with Gasteiger partial charge in [-0.15, -0.1) is 11.3 Å². The smallest absolute Gasteiger partial charge is 0.327 e. The second-order valence-electron chi connectivity index (χ2n) is 4.43. The molecular formula is C11H17N3O3S. The Morgan fingerprint density at radius 1 is 1.56 bits per heavy atom. The van der Waals surface area contributed by atoms with Crippen LogP contribution in [-0.2, 0) is 15.1 Å². The van der Waals surface area contributed by atoms with E-state index in [1.54, 1.807) is 6.20 Å². The lowest BCUT2D eigenvalue weighted by Gasteiger charge is -2.26. The van der Waals surface area contributed by atoms with Crippen LogP contribution < -0.4 is 10.6 Å². The molecule has 3 N–H and O–H groups in total. The van der Waals surface area contributed by atoms with Crippen molar-refractivity contribution in [3.8, 4) is 0 Å². The minimum atomic E-state index is -1.06. The molecule has 1 heterocycles. The second kappa shape index (κ2) is 5.92. The number of rotatable bonds is 6. The van der Waals surface area contributed by atoms with Crippen LogP contribution in [0, 0.1) is 0 Å². The highest BCUT2D eigenvalue weighted by atomic mass is 32.1. The topological polar surface area (TPSA) is 91.3 Å². The minimum absolute atomic E-state index is 0.140. The number of carbonyl (C=O) groups excluding carboxylic acids is 1. The number of thiazole rings is 1. The number of aromatic nitrogens is 1. The van der Waals surface area contributed by atoms with Crippen LogP contribution in [0.1, 0.15) is 25.8 Å². The van der Waals surface area contributed by atoms with Gasteiger partial charge in [-0.25, -0.2) is 9.78 Å². The number of carboxylic acid groups (broad SMARTS) is 1. The summed E-state index contributed by atoms with van der Waals surface area (Å²) in [5, 5.41) is 17.2. The molecule has 0 radical (unpaired) electrons. The number of hydrogen-bond donors (Lipinski definition) is 3. The molecular weight excluding hydrogens is 254 g/mol. The summed E-state index contributed by atoms with van der Waals surface area (Å²) >= 11 is 1.50. The molecule has 18 heavy (non-hydrogen) atoms. The summed E-state index contributed by atoms with van der Waals surface area (Å²) in [5.41, 5.74) is -0.430. The number of hydrogen-bond acceptors (Lipinski definition) is 5. The van der Waals surface area contributed by atoms with Crippen LogP contribution >= 0.6 is 11.3 Å². The molecule has 0 fully saturated rings. The quantitative estimate of drug-likeness (QED) is 0.703. The molecule has 0 aliphatic carbocycles. The molecule has 100 valence electrons. The van der Waals surface area contributed by atoms with Crippen molar-refractivity contribution in [3.05, 3.63) is 16.6 Å². The van der Waals surface area contributed by atoms with E-state index in [4.69, 9.17) is 5.11 Å². The molecule has 0 aromatic carbocycles. The van der Waals surface area contributed by atoms with Gasteiger partial charge in [-0.05, 0) is 13.8 Å². The molecule has 0 spiro atoms. The Morgan fingerprint density at radius 2 is 2.22 bits per heavy atom. The van der Waals surface area contributed by atoms with E-state index in [0.29, 0.717) is 0 Å². The van der Waals surface area contributed by atoms with Gasteiger partial charge in [-0.3, -0.25) is 4.79 Å². The van der Waals surface area contributed by atoms with E-state index in [0.717, 1.165) is 5.01 Å². The van der Waals surface area contributed by atoms with E-state index in [1.807, 2.05) is 19.2 Å². The molecule has 0 aliphatic heterocycles. The Hall–Kier alpha value is -1.47. The molecule has 1 aromatic rings. The van der Waals surface area contributed by atoms with Crippen molar-refractivity contribution >= 4 is 23.2 Å². The summed E-state index contributed by atoms with van der Waals surface area (Å²) in [6.45, 7) is 5.26. The van der Waals surface area contributed by atoms with Gasteiger partial charge >= 0.3 is 5.97 Å². The SMILES string of the molecule is CC(=O)NC(CNC(C)(C)c1nccs1)C(=O)O. The van der Waals surface area contributed by atoms with Crippen molar-refractivity contribution in [3.63, 3.8) is 0 Å². The maximum atomic E-state index is 11.0. The monoisotopic (exact) mass is 271 g/mol. The van der Waals surface area contributed by atoms with Gasteiger partial charge in [0, 0.05) is 25.0 Å². The molecule has 1 rings (SSSR count). The van der Waals surface area contributed by atoms with Crippen molar-refractivity contribution in [1.82, 2.24) is 15.6 Å². The Bertz CT molecular complexity index is 417. The van der Waals surface area contributed by atoms with E-state index in [2.05, 4.69) is 15.6 Å². The Morgan fingerprint density at radius 3 is 2.67 bits per heavy atom. The summed E-state index contributed by atoms with van der Waals surface area (Å²) in [7, 11) is 0. The number of nitrogens with zero attached hydrogens (tertiary/aromatic N) is 1.